The van der Waals surface area contributed by atoms with E-state index in [1.807, 2.05) is 43.3 Å². The Morgan fingerprint density at radius 1 is 1.19 bits per heavy atom. The Morgan fingerprint density at radius 2 is 2.00 bits per heavy atom. The minimum Gasteiger partial charge on any atom is -0.338 e. The van der Waals surface area contributed by atoms with Crippen LogP contribution in [0.25, 0.3) is 11.4 Å². The van der Waals surface area contributed by atoms with E-state index in [4.69, 9.17) is 10.3 Å². The van der Waals surface area contributed by atoms with Gasteiger partial charge in [0.05, 0.1) is 5.92 Å². The number of pyridine rings is 1. The van der Waals surface area contributed by atoms with Gasteiger partial charge < -0.3 is 10.3 Å². The van der Waals surface area contributed by atoms with Gasteiger partial charge in [-0.05, 0) is 24.1 Å². The summed E-state index contributed by atoms with van der Waals surface area (Å²) in [7, 11) is 0. The summed E-state index contributed by atoms with van der Waals surface area (Å²) in [5.41, 5.74) is 8.87. The third-order valence-electron chi connectivity index (χ3n) is 3.46. The maximum absolute atomic E-state index is 5.87. The van der Waals surface area contributed by atoms with Crippen molar-refractivity contribution in [2.75, 3.05) is 6.54 Å². The lowest BCUT2D eigenvalue weighted by atomic mass is 9.99. The van der Waals surface area contributed by atoms with Crippen molar-refractivity contribution in [1.29, 1.82) is 0 Å². The topological polar surface area (TPSA) is 77.8 Å². The monoisotopic (exact) mass is 280 g/mol. The van der Waals surface area contributed by atoms with E-state index in [1.54, 1.807) is 12.4 Å². The zero-order valence-corrected chi connectivity index (χ0v) is 11.7. The summed E-state index contributed by atoms with van der Waals surface area (Å²) in [6.07, 6.45) is 3.48. The van der Waals surface area contributed by atoms with Crippen molar-refractivity contribution in [3.63, 3.8) is 0 Å². The van der Waals surface area contributed by atoms with Crippen LogP contribution in [0, 0.1) is 6.92 Å². The van der Waals surface area contributed by atoms with Crippen molar-refractivity contribution in [3.8, 4) is 11.4 Å². The summed E-state index contributed by atoms with van der Waals surface area (Å²) in [6, 6.07) is 11.9. The highest BCUT2D eigenvalue weighted by Gasteiger charge is 2.20. The van der Waals surface area contributed by atoms with Crippen LogP contribution in [-0.2, 0) is 0 Å². The van der Waals surface area contributed by atoms with Gasteiger partial charge in [0.25, 0.3) is 0 Å². The molecule has 0 aliphatic carbocycles. The SMILES string of the molecule is Cc1ccncc1-c1noc(C(CN)c2ccccc2)n1. The Labute approximate surface area is 122 Å². The Kier molecular flexibility index (Phi) is 3.75. The predicted octanol–water partition coefficient (Wildman–Crippen LogP) is 2.53. The smallest absolute Gasteiger partial charge is 0.235 e. The lowest BCUT2D eigenvalue weighted by molar-refractivity contribution is 0.367. The van der Waals surface area contributed by atoms with Crippen LogP contribution >= 0.6 is 0 Å². The van der Waals surface area contributed by atoms with Crippen molar-refractivity contribution in [3.05, 3.63) is 65.8 Å². The van der Waals surface area contributed by atoms with Gasteiger partial charge in [0, 0.05) is 24.5 Å². The Bertz CT molecular complexity index is 724. The molecule has 5 nitrogen and oxygen atoms in total. The van der Waals surface area contributed by atoms with Crippen LogP contribution in [0.3, 0.4) is 0 Å². The van der Waals surface area contributed by atoms with E-state index < -0.39 is 0 Å². The van der Waals surface area contributed by atoms with Gasteiger partial charge in [0.1, 0.15) is 0 Å². The zero-order chi connectivity index (χ0) is 14.7. The van der Waals surface area contributed by atoms with Crippen molar-refractivity contribution >= 4 is 0 Å². The van der Waals surface area contributed by atoms with Crippen molar-refractivity contribution in [2.24, 2.45) is 5.73 Å². The molecule has 0 aliphatic heterocycles. The fourth-order valence-corrected chi connectivity index (χ4v) is 2.25. The van der Waals surface area contributed by atoms with E-state index in [2.05, 4.69) is 15.1 Å². The summed E-state index contributed by atoms with van der Waals surface area (Å²) < 4.78 is 5.41. The standard InChI is InChI=1S/C16H16N4O/c1-11-7-8-18-10-14(11)15-19-16(21-20-15)13(9-17)12-5-3-2-4-6-12/h2-8,10,13H,9,17H2,1H3. The second-order valence-electron chi connectivity index (χ2n) is 4.85. The molecule has 2 heterocycles. The summed E-state index contributed by atoms with van der Waals surface area (Å²) >= 11 is 0. The maximum atomic E-state index is 5.87. The van der Waals surface area contributed by atoms with Crippen LogP contribution in [0.1, 0.15) is 22.9 Å². The molecular weight excluding hydrogens is 264 g/mol. The fourth-order valence-electron chi connectivity index (χ4n) is 2.25. The lowest BCUT2D eigenvalue weighted by Gasteiger charge is -2.09. The van der Waals surface area contributed by atoms with E-state index in [-0.39, 0.29) is 5.92 Å². The number of rotatable bonds is 4. The predicted molar refractivity (Wildman–Crippen MR) is 79.6 cm³/mol. The van der Waals surface area contributed by atoms with Gasteiger partial charge in [-0.2, -0.15) is 4.98 Å². The molecule has 0 amide bonds. The highest BCUT2D eigenvalue weighted by molar-refractivity contribution is 5.57. The first-order valence-corrected chi connectivity index (χ1v) is 6.79. The first-order valence-electron chi connectivity index (χ1n) is 6.79. The average Bonchev–Trinajstić information content (AvgIpc) is 2.99. The molecular formula is C16H16N4O. The maximum Gasteiger partial charge on any atom is 0.235 e. The summed E-state index contributed by atoms with van der Waals surface area (Å²) in [5.74, 6) is 0.983. The zero-order valence-electron chi connectivity index (χ0n) is 11.7. The van der Waals surface area contributed by atoms with Gasteiger partial charge in [-0.15, -0.1) is 0 Å². The van der Waals surface area contributed by atoms with Crippen molar-refractivity contribution in [2.45, 2.75) is 12.8 Å². The second-order valence-corrected chi connectivity index (χ2v) is 4.85. The number of aromatic nitrogens is 3. The second kappa shape index (κ2) is 5.85. The normalized spacial score (nSPS) is 12.3. The van der Waals surface area contributed by atoms with Crippen LogP contribution in [0.4, 0.5) is 0 Å². The molecule has 3 aromatic rings. The first kappa shape index (κ1) is 13.5. The van der Waals surface area contributed by atoms with Crippen LogP contribution in [0.5, 0.6) is 0 Å². The first-order chi connectivity index (χ1) is 10.3. The van der Waals surface area contributed by atoms with Crippen LogP contribution in [0.15, 0.2) is 53.3 Å². The van der Waals surface area contributed by atoms with Crippen LogP contribution < -0.4 is 5.73 Å². The third-order valence-corrected chi connectivity index (χ3v) is 3.46. The molecule has 106 valence electrons. The molecule has 1 unspecified atom stereocenters. The van der Waals surface area contributed by atoms with E-state index in [1.165, 1.54) is 0 Å². The van der Waals surface area contributed by atoms with Crippen molar-refractivity contribution in [1.82, 2.24) is 15.1 Å². The van der Waals surface area contributed by atoms with Gasteiger partial charge in [-0.25, -0.2) is 0 Å². The minimum atomic E-state index is -0.0931. The molecule has 0 saturated carbocycles. The molecule has 0 fully saturated rings. The molecule has 0 bridgehead atoms. The molecule has 5 heteroatoms. The molecule has 0 saturated heterocycles. The van der Waals surface area contributed by atoms with Crippen molar-refractivity contribution < 1.29 is 4.52 Å². The molecule has 2 N–H and O–H groups in total. The molecule has 1 aromatic carbocycles. The number of hydrogen-bond donors (Lipinski definition) is 1. The number of aryl methyl sites for hydroxylation is 1. The quantitative estimate of drug-likeness (QED) is 0.794. The van der Waals surface area contributed by atoms with Gasteiger partial charge in [-0.3, -0.25) is 4.98 Å². The molecule has 1 atom stereocenters. The Balaban J connectivity index is 1.96. The Hall–Kier alpha value is -2.53. The highest BCUT2D eigenvalue weighted by atomic mass is 16.5. The fraction of sp³-hybridized carbons (Fsp3) is 0.188. The van der Waals surface area contributed by atoms with Gasteiger partial charge >= 0.3 is 0 Å². The van der Waals surface area contributed by atoms with Gasteiger partial charge in [-0.1, -0.05) is 35.5 Å². The minimum absolute atomic E-state index is 0.0931. The molecule has 0 aliphatic rings. The Morgan fingerprint density at radius 3 is 2.71 bits per heavy atom. The highest BCUT2D eigenvalue weighted by Crippen LogP contribution is 2.25. The third kappa shape index (κ3) is 2.68. The van der Waals surface area contributed by atoms with Gasteiger partial charge in [0.2, 0.25) is 11.7 Å². The van der Waals surface area contributed by atoms with Gasteiger partial charge in [0.15, 0.2) is 0 Å². The number of benzene rings is 1. The lowest BCUT2D eigenvalue weighted by Crippen LogP contribution is -2.14. The van der Waals surface area contributed by atoms with Crippen LogP contribution in [-0.4, -0.2) is 21.7 Å². The summed E-state index contributed by atoms with van der Waals surface area (Å²) in [4.78, 5) is 8.60. The molecule has 3 rings (SSSR count). The molecule has 2 aromatic heterocycles. The number of hydrogen-bond acceptors (Lipinski definition) is 5. The average molecular weight is 280 g/mol. The van der Waals surface area contributed by atoms with E-state index in [0.29, 0.717) is 18.3 Å². The molecule has 21 heavy (non-hydrogen) atoms. The number of nitrogens with two attached hydrogens (primary N) is 1. The van der Waals surface area contributed by atoms with E-state index in [9.17, 15) is 0 Å². The van der Waals surface area contributed by atoms with E-state index >= 15 is 0 Å². The summed E-state index contributed by atoms with van der Waals surface area (Å²) in [6.45, 7) is 2.41. The van der Waals surface area contributed by atoms with E-state index in [0.717, 1.165) is 16.7 Å². The largest absolute Gasteiger partial charge is 0.338 e. The van der Waals surface area contributed by atoms with Crippen LogP contribution in [0.2, 0.25) is 0 Å². The number of nitrogens with zero attached hydrogens (tertiary/aromatic N) is 3. The molecule has 0 spiro atoms. The summed E-state index contributed by atoms with van der Waals surface area (Å²) in [5, 5.41) is 4.06. The molecule has 0 radical (unpaired) electrons.